The Kier molecular flexibility index (Phi) is 5.74. The molecular formula is C15H20N2O5. The molecule has 1 saturated heterocycles. The van der Waals surface area contributed by atoms with E-state index in [1.807, 2.05) is 6.92 Å². The molecule has 120 valence electrons. The Morgan fingerprint density at radius 3 is 2.95 bits per heavy atom. The summed E-state index contributed by atoms with van der Waals surface area (Å²) < 4.78 is 16.0. The van der Waals surface area contributed by atoms with E-state index in [1.54, 1.807) is 24.3 Å². The fraction of sp³-hybridized carbons (Fsp3) is 0.467. The molecule has 2 rings (SSSR count). The van der Waals surface area contributed by atoms with Crippen LogP contribution >= 0.6 is 0 Å². The molecule has 7 nitrogen and oxygen atoms in total. The van der Waals surface area contributed by atoms with E-state index in [2.05, 4.69) is 5.32 Å². The first-order chi connectivity index (χ1) is 10.6. The monoisotopic (exact) mass is 308 g/mol. The summed E-state index contributed by atoms with van der Waals surface area (Å²) in [4.78, 5) is 23.0. The highest BCUT2D eigenvalue weighted by Gasteiger charge is 2.30. The van der Waals surface area contributed by atoms with Crippen LogP contribution in [0, 0.1) is 0 Å². The van der Waals surface area contributed by atoms with E-state index >= 15 is 0 Å². The smallest absolute Gasteiger partial charge is 0.255 e. The van der Waals surface area contributed by atoms with Gasteiger partial charge in [0.25, 0.3) is 11.8 Å². The van der Waals surface area contributed by atoms with Crippen LogP contribution in [0.25, 0.3) is 0 Å². The molecule has 7 heteroatoms. The number of carbonyl (C=O) groups excluding carboxylic acids is 2. The van der Waals surface area contributed by atoms with Gasteiger partial charge < -0.3 is 25.3 Å². The first-order valence-electron chi connectivity index (χ1n) is 7.11. The Balaban J connectivity index is 1.97. The van der Waals surface area contributed by atoms with Gasteiger partial charge in [-0.3, -0.25) is 9.59 Å². The van der Waals surface area contributed by atoms with Gasteiger partial charge in [0.15, 0.2) is 6.61 Å². The molecule has 1 aliphatic rings. The lowest BCUT2D eigenvalue weighted by molar-refractivity contribution is -0.119. The molecule has 2 amide bonds. The average molecular weight is 308 g/mol. The Bertz CT molecular complexity index is 534. The van der Waals surface area contributed by atoms with Gasteiger partial charge in [-0.05, 0) is 25.1 Å². The molecule has 0 bridgehead atoms. The molecule has 1 fully saturated rings. The molecule has 0 spiro atoms. The van der Waals surface area contributed by atoms with E-state index in [-0.39, 0.29) is 24.7 Å². The summed E-state index contributed by atoms with van der Waals surface area (Å²) in [5, 5.41) is 2.89. The predicted octanol–water partition coefficient (Wildman–Crippen LogP) is 0.0844. The summed E-state index contributed by atoms with van der Waals surface area (Å²) in [7, 11) is 0. The van der Waals surface area contributed by atoms with E-state index < -0.39 is 5.91 Å². The zero-order valence-electron chi connectivity index (χ0n) is 12.4. The van der Waals surface area contributed by atoms with E-state index in [0.717, 1.165) is 0 Å². The highest BCUT2D eigenvalue weighted by molar-refractivity contribution is 5.94. The Morgan fingerprint density at radius 2 is 2.23 bits per heavy atom. The van der Waals surface area contributed by atoms with Gasteiger partial charge in [-0.25, -0.2) is 0 Å². The predicted molar refractivity (Wildman–Crippen MR) is 78.6 cm³/mol. The second-order valence-electron chi connectivity index (χ2n) is 4.89. The van der Waals surface area contributed by atoms with Crippen molar-refractivity contribution < 1.29 is 23.8 Å². The largest absolute Gasteiger partial charge is 0.484 e. The van der Waals surface area contributed by atoms with E-state index in [0.29, 0.717) is 31.1 Å². The van der Waals surface area contributed by atoms with Crippen LogP contribution in [0.4, 0.5) is 0 Å². The van der Waals surface area contributed by atoms with Crippen molar-refractivity contribution in [1.29, 1.82) is 0 Å². The highest BCUT2D eigenvalue weighted by atomic mass is 16.5. The number of carbonyl (C=O) groups is 2. The number of hydrogen-bond acceptors (Lipinski definition) is 5. The average Bonchev–Trinajstić information content (AvgIpc) is 2.93. The number of nitrogens with one attached hydrogen (secondary N) is 1. The minimum atomic E-state index is -0.572. The molecule has 1 aromatic carbocycles. The summed E-state index contributed by atoms with van der Waals surface area (Å²) in [6, 6.07) is 6.38. The van der Waals surface area contributed by atoms with Crippen LogP contribution in [0.2, 0.25) is 0 Å². The minimum absolute atomic E-state index is 0.136. The van der Waals surface area contributed by atoms with Crippen molar-refractivity contribution in [3.63, 3.8) is 0 Å². The number of amides is 2. The standard InChI is InChI=1S/C15H20N2O5/c1-2-21-13-8-20-7-12(13)17-15(19)10-4-3-5-11(6-10)22-9-14(16)18/h3-6,12-13H,2,7-9H2,1H3,(H2,16,18)(H,17,19)/t12-,13-/m0/s1. The topological polar surface area (TPSA) is 99.9 Å². The lowest BCUT2D eigenvalue weighted by Crippen LogP contribution is -2.43. The molecule has 0 unspecified atom stereocenters. The lowest BCUT2D eigenvalue weighted by atomic mass is 10.1. The van der Waals surface area contributed by atoms with Crippen LogP contribution in [-0.4, -0.2) is 50.4 Å². The van der Waals surface area contributed by atoms with Crippen molar-refractivity contribution in [2.75, 3.05) is 26.4 Å². The van der Waals surface area contributed by atoms with Gasteiger partial charge in [0.05, 0.1) is 19.3 Å². The summed E-state index contributed by atoms with van der Waals surface area (Å²) in [5.74, 6) is -0.405. The number of primary amides is 1. The maximum atomic E-state index is 12.3. The first-order valence-corrected chi connectivity index (χ1v) is 7.11. The van der Waals surface area contributed by atoms with Crippen LogP contribution in [0.5, 0.6) is 5.75 Å². The van der Waals surface area contributed by atoms with Crippen molar-refractivity contribution in [3.8, 4) is 5.75 Å². The summed E-state index contributed by atoms with van der Waals surface area (Å²) >= 11 is 0. The Labute approximate surface area is 128 Å². The Morgan fingerprint density at radius 1 is 1.41 bits per heavy atom. The zero-order valence-corrected chi connectivity index (χ0v) is 12.4. The second-order valence-corrected chi connectivity index (χ2v) is 4.89. The van der Waals surface area contributed by atoms with Crippen LogP contribution in [0.1, 0.15) is 17.3 Å². The summed E-state index contributed by atoms with van der Waals surface area (Å²) in [5.41, 5.74) is 5.45. The third-order valence-electron chi connectivity index (χ3n) is 3.20. The molecule has 3 N–H and O–H groups in total. The number of rotatable bonds is 7. The first kappa shape index (κ1) is 16.3. The fourth-order valence-corrected chi connectivity index (χ4v) is 2.18. The normalized spacial score (nSPS) is 20.6. The van der Waals surface area contributed by atoms with Crippen molar-refractivity contribution in [3.05, 3.63) is 29.8 Å². The molecule has 2 atom stereocenters. The van der Waals surface area contributed by atoms with Gasteiger partial charge >= 0.3 is 0 Å². The second kappa shape index (κ2) is 7.77. The quantitative estimate of drug-likeness (QED) is 0.743. The summed E-state index contributed by atoms with van der Waals surface area (Å²) in [6.45, 7) is 3.14. The molecule has 22 heavy (non-hydrogen) atoms. The fourth-order valence-electron chi connectivity index (χ4n) is 2.18. The molecule has 1 aromatic rings. The molecule has 1 heterocycles. The summed E-state index contributed by atoms with van der Waals surface area (Å²) in [6.07, 6.45) is -0.136. The number of nitrogens with two attached hydrogens (primary N) is 1. The molecule has 0 aliphatic carbocycles. The van der Waals surface area contributed by atoms with Gasteiger partial charge in [-0.2, -0.15) is 0 Å². The third kappa shape index (κ3) is 4.44. The van der Waals surface area contributed by atoms with E-state index in [1.165, 1.54) is 0 Å². The number of benzene rings is 1. The molecule has 0 aromatic heterocycles. The van der Waals surface area contributed by atoms with Crippen LogP contribution in [0.3, 0.4) is 0 Å². The number of ether oxygens (including phenoxy) is 3. The van der Waals surface area contributed by atoms with Crippen LogP contribution in [0.15, 0.2) is 24.3 Å². The minimum Gasteiger partial charge on any atom is -0.484 e. The SMILES string of the molecule is CCO[C@H]1COC[C@@H]1NC(=O)c1cccc(OCC(N)=O)c1. The van der Waals surface area contributed by atoms with Gasteiger partial charge in [0, 0.05) is 12.2 Å². The third-order valence-corrected chi connectivity index (χ3v) is 3.20. The van der Waals surface area contributed by atoms with Crippen molar-refractivity contribution in [1.82, 2.24) is 5.32 Å². The van der Waals surface area contributed by atoms with Crippen molar-refractivity contribution in [2.45, 2.75) is 19.1 Å². The van der Waals surface area contributed by atoms with Gasteiger partial charge in [-0.1, -0.05) is 6.07 Å². The van der Waals surface area contributed by atoms with Gasteiger partial charge in [-0.15, -0.1) is 0 Å². The molecular weight excluding hydrogens is 288 g/mol. The molecule has 1 aliphatic heterocycles. The van der Waals surface area contributed by atoms with E-state index in [9.17, 15) is 9.59 Å². The maximum absolute atomic E-state index is 12.3. The van der Waals surface area contributed by atoms with Crippen molar-refractivity contribution >= 4 is 11.8 Å². The molecule has 0 saturated carbocycles. The highest BCUT2D eigenvalue weighted by Crippen LogP contribution is 2.15. The molecule has 0 radical (unpaired) electrons. The van der Waals surface area contributed by atoms with Crippen LogP contribution < -0.4 is 15.8 Å². The van der Waals surface area contributed by atoms with Gasteiger partial charge in [0.2, 0.25) is 0 Å². The van der Waals surface area contributed by atoms with Crippen LogP contribution in [-0.2, 0) is 14.3 Å². The lowest BCUT2D eigenvalue weighted by Gasteiger charge is -2.19. The van der Waals surface area contributed by atoms with Crippen molar-refractivity contribution in [2.24, 2.45) is 5.73 Å². The maximum Gasteiger partial charge on any atom is 0.255 e. The van der Waals surface area contributed by atoms with Gasteiger partial charge in [0.1, 0.15) is 11.9 Å². The Hall–Kier alpha value is -2.12. The number of hydrogen-bond donors (Lipinski definition) is 2. The van der Waals surface area contributed by atoms with E-state index in [4.69, 9.17) is 19.9 Å². The zero-order chi connectivity index (χ0) is 15.9.